The molecular formula is C26H25N3O3. The van der Waals surface area contributed by atoms with Gasteiger partial charge in [0.15, 0.2) is 0 Å². The molecule has 1 saturated carbocycles. The minimum Gasteiger partial charge on any atom is -0.481 e. The van der Waals surface area contributed by atoms with E-state index in [9.17, 15) is 4.79 Å². The molecule has 2 N–H and O–H groups in total. The third-order valence-electron chi connectivity index (χ3n) is 6.44. The summed E-state index contributed by atoms with van der Waals surface area (Å²) in [5.41, 5.74) is 4.05. The van der Waals surface area contributed by atoms with Gasteiger partial charge in [0.25, 0.3) is 0 Å². The molecule has 6 heteroatoms. The van der Waals surface area contributed by atoms with Crippen molar-refractivity contribution in [1.82, 2.24) is 10.1 Å². The number of nitrogens with one attached hydrogen (secondary N) is 1. The van der Waals surface area contributed by atoms with Crippen molar-refractivity contribution in [2.75, 3.05) is 5.32 Å². The Hall–Kier alpha value is -3.67. The van der Waals surface area contributed by atoms with Crippen molar-refractivity contribution in [3.8, 4) is 11.4 Å². The van der Waals surface area contributed by atoms with Gasteiger partial charge in [-0.1, -0.05) is 53.7 Å². The van der Waals surface area contributed by atoms with E-state index in [2.05, 4.69) is 47.7 Å². The van der Waals surface area contributed by atoms with Crippen LogP contribution in [0.15, 0.2) is 65.2 Å². The van der Waals surface area contributed by atoms with E-state index in [1.807, 2.05) is 37.3 Å². The number of fused-ring (bicyclic) bond motifs is 1. The molecule has 1 heterocycles. The number of nitrogens with zero attached hydrogens (tertiary/aromatic N) is 2. The predicted molar refractivity (Wildman–Crippen MR) is 124 cm³/mol. The van der Waals surface area contributed by atoms with Crippen LogP contribution in [0, 0.1) is 12.8 Å². The summed E-state index contributed by atoms with van der Waals surface area (Å²) in [4.78, 5) is 15.8. The Bertz CT molecular complexity index is 1290. The molecular weight excluding hydrogens is 402 g/mol. The number of aliphatic carboxylic acids is 1. The fraction of sp³-hybridized carbons (Fsp3) is 0.269. The van der Waals surface area contributed by atoms with E-state index in [4.69, 9.17) is 14.6 Å². The summed E-state index contributed by atoms with van der Waals surface area (Å²) in [7, 11) is 0. The zero-order valence-corrected chi connectivity index (χ0v) is 18.1. The highest BCUT2D eigenvalue weighted by Gasteiger charge is 2.34. The smallest absolute Gasteiger partial charge is 0.306 e. The van der Waals surface area contributed by atoms with Crippen LogP contribution in [-0.4, -0.2) is 27.3 Å². The number of carbonyl (C=O) groups is 1. The molecule has 4 aromatic rings. The van der Waals surface area contributed by atoms with Gasteiger partial charge in [0.05, 0.1) is 11.8 Å². The molecule has 0 aliphatic heterocycles. The number of anilines is 1. The summed E-state index contributed by atoms with van der Waals surface area (Å²) in [6.07, 6.45) is 1.29. The second-order valence-corrected chi connectivity index (χ2v) is 8.62. The minimum atomic E-state index is -0.715. The van der Waals surface area contributed by atoms with Crippen LogP contribution in [0.25, 0.3) is 22.2 Å². The van der Waals surface area contributed by atoms with E-state index in [0.29, 0.717) is 24.6 Å². The highest BCUT2D eigenvalue weighted by atomic mass is 16.5. The second kappa shape index (κ2) is 8.11. The molecule has 162 valence electrons. The molecule has 6 nitrogen and oxygen atoms in total. The van der Waals surface area contributed by atoms with Crippen LogP contribution in [-0.2, 0) is 4.79 Å². The van der Waals surface area contributed by atoms with Gasteiger partial charge >= 0.3 is 5.97 Å². The van der Waals surface area contributed by atoms with Crippen molar-refractivity contribution < 1.29 is 14.4 Å². The Morgan fingerprint density at radius 2 is 1.91 bits per heavy atom. The van der Waals surface area contributed by atoms with Crippen molar-refractivity contribution in [3.05, 3.63) is 77.7 Å². The molecule has 0 radical (unpaired) electrons. The quantitative estimate of drug-likeness (QED) is 0.415. The van der Waals surface area contributed by atoms with Gasteiger partial charge in [-0.05, 0) is 60.7 Å². The summed E-state index contributed by atoms with van der Waals surface area (Å²) in [5.74, 6) is 0.148. The fourth-order valence-electron chi connectivity index (χ4n) is 4.41. The molecule has 1 unspecified atom stereocenters. The highest BCUT2D eigenvalue weighted by Crippen LogP contribution is 2.34. The normalized spacial score (nSPS) is 18.8. The summed E-state index contributed by atoms with van der Waals surface area (Å²) in [6, 6.07) is 20.8. The minimum absolute atomic E-state index is 0.0353. The Morgan fingerprint density at radius 3 is 2.72 bits per heavy atom. The first kappa shape index (κ1) is 20.2. The van der Waals surface area contributed by atoms with Crippen LogP contribution < -0.4 is 5.32 Å². The van der Waals surface area contributed by atoms with Gasteiger partial charge in [-0.15, -0.1) is 0 Å². The number of hydrogen-bond acceptors (Lipinski definition) is 5. The molecule has 1 atom stereocenters. The lowest BCUT2D eigenvalue weighted by Gasteiger charge is -2.33. The fourth-order valence-corrected chi connectivity index (χ4v) is 4.41. The summed E-state index contributed by atoms with van der Waals surface area (Å²) >= 11 is 0. The maximum absolute atomic E-state index is 11.0. The molecule has 32 heavy (non-hydrogen) atoms. The van der Waals surface area contributed by atoms with E-state index in [0.717, 1.165) is 22.4 Å². The zero-order chi connectivity index (χ0) is 22.2. The zero-order valence-electron chi connectivity index (χ0n) is 18.1. The molecule has 0 amide bonds. The standard InChI is InChI=1S/C26H25N3O3/c1-15-10-11-19(27-20-12-18(13-20)26(30)31)14-23(15)24-28-25(32-29-24)16(2)21-9-5-7-17-6-3-4-8-22(17)21/h3-11,14,16,18,20,27H,12-13H2,1-2H3,(H,30,31). The lowest BCUT2D eigenvalue weighted by molar-refractivity contribution is -0.144. The molecule has 1 aromatic heterocycles. The third kappa shape index (κ3) is 3.73. The average molecular weight is 428 g/mol. The van der Waals surface area contributed by atoms with Gasteiger partial charge in [0.2, 0.25) is 11.7 Å². The first-order valence-electron chi connectivity index (χ1n) is 10.9. The Balaban J connectivity index is 1.39. The van der Waals surface area contributed by atoms with Crippen LogP contribution in [0.3, 0.4) is 0 Å². The average Bonchev–Trinajstić information content (AvgIpc) is 3.26. The number of aryl methyl sites for hydroxylation is 1. The maximum atomic E-state index is 11.0. The van der Waals surface area contributed by atoms with Gasteiger partial charge in [-0.2, -0.15) is 4.98 Å². The van der Waals surface area contributed by atoms with Crippen molar-refractivity contribution in [2.24, 2.45) is 5.92 Å². The molecule has 3 aromatic carbocycles. The second-order valence-electron chi connectivity index (χ2n) is 8.62. The SMILES string of the molecule is Cc1ccc(NC2CC(C(=O)O)C2)cc1-c1noc(C(C)c2cccc3ccccc23)n1. The van der Waals surface area contributed by atoms with Crippen molar-refractivity contribution >= 4 is 22.4 Å². The third-order valence-corrected chi connectivity index (χ3v) is 6.44. The van der Waals surface area contributed by atoms with Gasteiger partial charge in [0, 0.05) is 17.3 Å². The number of rotatable bonds is 6. The number of aromatic nitrogens is 2. The van der Waals surface area contributed by atoms with Crippen LogP contribution in [0.2, 0.25) is 0 Å². The van der Waals surface area contributed by atoms with E-state index in [-0.39, 0.29) is 17.9 Å². The van der Waals surface area contributed by atoms with E-state index in [1.54, 1.807) is 0 Å². The topological polar surface area (TPSA) is 88.2 Å². The van der Waals surface area contributed by atoms with E-state index >= 15 is 0 Å². The van der Waals surface area contributed by atoms with Crippen molar-refractivity contribution in [3.63, 3.8) is 0 Å². The molecule has 1 fully saturated rings. The highest BCUT2D eigenvalue weighted by molar-refractivity contribution is 5.86. The van der Waals surface area contributed by atoms with Crippen molar-refractivity contribution in [2.45, 2.75) is 38.6 Å². The largest absolute Gasteiger partial charge is 0.481 e. The monoisotopic (exact) mass is 427 g/mol. The van der Waals surface area contributed by atoms with E-state index in [1.165, 1.54) is 10.8 Å². The van der Waals surface area contributed by atoms with Crippen LogP contribution in [0.4, 0.5) is 5.69 Å². The lowest BCUT2D eigenvalue weighted by atomic mass is 9.80. The van der Waals surface area contributed by atoms with Gasteiger partial charge in [-0.25, -0.2) is 0 Å². The predicted octanol–water partition coefficient (Wildman–Crippen LogP) is 5.63. The van der Waals surface area contributed by atoms with Crippen LogP contribution in [0.1, 0.15) is 42.7 Å². The van der Waals surface area contributed by atoms with Crippen LogP contribution >= 0.6 is 0 Å². The van der Waals surface area contributed by atoms with Gasteiger partial charge in [0.1, 0.15) is 0 Å². The Labute approximate surface area is 186 Å². The Morgan fingerprint density at radius 1 is 1.12 bits per heavy atom. The van der Waals surface area contributed by atoms with Crippen molar-refractivity contribution in [1.29, 1.82) is 0 Å². The molecule has 0 bridgehead atoms. The lowest BCUT2D eigenvalue weighted by Crippen LogP contribution is -2.39. The summed E-state index contributed by atoms with van der Waals surface area (Å²) in [6.45, 7) is 4.10. The summed E-state index contributed by atoms with van der Waals surface area (Å²) < 4.78 is 5.69. The summed E-state index contributed by atoms with van der Waals surface area (Å²) in [5, 5.41) is 19.2. The first-order valence-corrected chi connectivity index (χ1v) is 10.9. The molecule has 0 spiro atoms. The molecule has 0 saturated heterocycles. The number of carboxylic acid groups (broad SMARTS) is 1. The number of carboxylic acids is 1. The van der Waals surface area contributed by atoms with Crippen LogP contribution in [0.5, 0.6) is 0 Å². The first-order chi connectivity index (χ1) is 15.5. The molecule has 1 aliphatic carbocycles. The molecule has 1 aliphatic rings. The van der Waals surface area contributed by atoms with Gasteiger partial charge < -0.3 is 14.9 Å². The number of benzene rings is 3. The number of hydrogen-bond donors (Lipinski definition) is 2. The molecule has 5 rings (SSSR count). The van der Waals surface area contributed by atoms with E-state index < -0.39 is 5.97 Å². The Kier molecular flexibility index (Phi) is 5.13. The maximum Gasteiger partial charge on any atom is 0.306 e. The van der Waals surface area contributed by atoms with Gasteiger partial charge in [-0.3, -0.25) is 4.79 Å².